The maximum Gasteiger partial charge on any atom is 0.412 e. The van der Waals surface area contributed by atoms with Crippen LogP contribution in [-0.2, 0) is 6.42 Å². The molecule has 2 aliphatic carbocycles. The van der Waals surface area contributed by atoms with E-state index in [1.807, 2.05) is 6.20 Å². The van der Waals surface area contributed by atoms with Gasteiger partial charge in [-0.05, 0) is 56.2 Å². The molecule has 0 radical (unpaired) electrons. The highest BCUT2D eigenvalue weighted by Crippen LogP contribution is 2.62. The molecule has 1 aliphatic heterocycles. The second-order valence-corrected chi connectivity index (χ2v) is 10.3. The van der Waals surface area contributed by atoms with E-state index in [4.69, 9.17) is 4.98 Å². The van der Waals surface area contributed by atoms with Gasteiger partial charge in [-0.25, -0.2) is 4.98 Å². The number of imidazole rings is 1. The Balaban J connectivity index is 1.49. The molecule has 7 heteroatoms. The minimum atomic E-state index is -4.34. The molecule has 0 spiro atoms. The van der Waals surface area contributed by atoms with Crippen molar-refractivity contribution in [2.24, 2.45) is 17.8 Å². The third kappa shape index (κ3) is 4.84. The van der Waals surface area contributed by atoms with Crippen molar-refractivity contribution in [1.29, 1.82) is 0 Å². The summed E-state index contributed by atoms with van der Waals surface area (Å²) in [4.78, 5) is 9.83. The average molecular weight is 451 g/mol. The van der Waals surface area contributed by atoms with Crippen LogP contribution in [0.4, 0.5) is 13.2 Å². The van der Waals surface area contributed by atoms with E-state index >= 15 is 0 Å². The molecule has 4 nitrogen and oxygen atoms in total. The zero-order valence-electron chi connectivity index (χ0n) is 19.8. The Morgan fingerprint density at radius 2 is 1.84 bits per heavy atom. The monoisotopic (exact) mass is 450 g/mol. The van der Waals surface area contributed by atoms with Crippen molar-refractivity contribution < 1.29 is 13.2 Å². The SMILES string of the molecule is C=C(/C=C(\C)C(F)(F)F)c1cn(C2C3CC(N4CCN(C)CC4)CC32)c(CC(C)CC)n1. The number of hydrogen-bond donors (Lipinski definition) is 0. The van der Waals surface area contributed by atoms with Crippen molar-refractivity contribution in [2.45, 2.75) is 64.7 Å². The first-order valence-corrected chi connectivity index (χ1v) is 12.0. The van der Waals surface area contributed by atoms with Crippen LogP contribution >= 0.6 is 0 Å². The van der Waals surface area contributed by atoms with Crippen LogP contribution in [0.3, 0.4) is 0 Å². The average Bonchev–Trinajstić information content (AvgIpc) is 3.06. The van der Waals surface area contributed by atoms with E-state index < -0.39 is 11.7 Å². The van der Waals surface area contributed by atoms with Gasteiger partial charge in [-0.15, -0.1) is 0 Å². The van der Waals surface area contributed by atoms with Gasteiger partial charge in [0.05, 0.1) is 5.69 Å². The first-order chi connectivity index (χ1) is 15.1. The molecule has 0 N–H and O–H groups in total. The summed E-state index contributed by atoms with van der Waals surface area (Å²) in [7, 11) is 2.19. The van der Waals surface area contributed by atoms with E-state index in [1.54, 1.807) is 0 Å². The molecule has 32 heavy (non-hydrogen) atoms. The Morgan fingerprint density at radius 1 is 1.22 bits per heavy atom. The van der Waals surface area contributed by atoms with Gasteiger partial charge < -0.3 is 9.47 Å². The number of fused-ring (bicyclic) bond motifs is 1. The van der Waals surface area contributed by atoms with Crippen molar-refractivity contribution in [3.8, 4) is 0 Å². The largest absolute Gasteiger partial charge is 0.412 e. The molecule has 0 bridgehead atoms. The zero-order valence-corrected chi connectivity index (χ0v) is 19.8. The summed E-state index contributed by atoms with van der Waals surface area (Å²) in [5.41, 5.74) is 0.274. The molecule has 3 atom stereocenters. The number of rotatable bonds is 7. The topological polar surface area (TPSA) is 24.3 Å². The normalized spacial score (nSPS) is 30.4. The summed E-state index contributed by atoms with van der Waals surface area (Å²) in [6.07, 6.45) is 3.11. The Kier molecular flexibility index (Phi) is 6.61. The highest BCUT2D eigenvalue weighted by atomic mass is 19.4. The molecule has 1 saturated heterocycles. The third-order valence-corrected chi connectivity index (χ3v) is 7.95. The van der Waals surface area contributed by atoms with Crippen molar-refractivity contribution in [3.05, 3.63) is 35.9 Å². The number of hydrogen-bond acceptors (Lipinski definition) is 3. The highest BCUT2D eigenvalue weighted by molar-refractivity contribution is 5.70. The van der Waals surface area contributed by atoms with Crippen molar-refractivity contribution >= 4 is 5.57 Å². The fourth-order valence-corrected chi connectivity index (χ4v) is 5.54. The lowest BCUT2D eigenvalue weighted by molar-refractivity contribution is -0.0912. The van der Waals surface area contributed by atoms with E-state index in [2.05, 4.69) is 41.8 Å². The number of nitrogens with zero attached hydrogens (tertiary/aromatic N) is 4. The van der Waals surface area contributed by atoms with Gasteiger partial charge in [0.15, 0.2) is 0 Å². The molecule has 2 heterocycles. The molecule has 3 unspecified atom stereocenters. The Labute approximate surface area is 190 Å². The standard InChI is InChI=1S/C25H37F3N4/c1-6-16(2)11-23-29-22(17(3)12-18(4)25(26,27)28)15-32(23)24-20-13-19(14-21(20)24)31-9-7-30(5)8-10-31/h12,15-16,19-21,24H,3,6-11,13-14H2,1-2,4-5H3/b18-12+. The van der Waals surface area contributed by atoms with Crippen molar-refractivity contribution in [1.82, 2.24) is 19.4 Å². The van der Waals surface area contributed by atoms with E-state index in [-0.39, 0.29) is 0 Å². The third-order valence-electron chi connectivity index (χ3n) is 7.95. The minimum Gasteiger partial charge on any atom is -0.331 e. The van der Waals surface area contributed by atoms with Gasteiger partial charge in [-0.2, -0.15) is 13.2 Å². The fraction of sp³-hybridized carbons (Fsp3) is 0.720. The Bertz CT molecular complexity index is 851. The van der Waals surface area contributed by atoms with Gasteiger partial charge in [0.2, 0.25) is 0 Å². The molecule has 1 aromatic rings. The lowest BCUT2D eigenvalue weighted by atomic mass is 10.0. The zero-order chi connectivity index (χ0) is 23.2. The van der Waals surface area contributed by atoms with E-state index in [0.717, 1.165) is 57.8 Å². The van der Waals surface area contributed by atoms with Gasteiger partial charge >= 0.3 is 6.18 Å². The summed E-state index contributed by atoms with van der Waals surface area (Å²) in [5.74, 6) is 2.82. The number of aromatic nitrogens is 2. The first-order valence-electron chi connectivity index (χ1n) is 12.0. The molecule has 1 aromatic heterocycles. The van der Waals surface area contributed by atoms with Crippen LogP contribution in [0.2, 0.25) is 0 Å². The summed E-state index contributed by atoms with van der Waals surface area (Å²) in [6, 6.07) is 1.13. The van der Waals surface area contributed by atoms with Crippen LogP contribution < -0.4 is 0 Å². The van der Waals surface area contributed by atoms with Crippen LogP contribution in [0, 0.1) is 17.8 Å². The van der Waals surface area contributed by atoms with Gasteiger partial charge in [-0.3, -0.25) is 4.90 Å². The summed E-state index contributed by atoms with van der Waals surface area (Å²) >= 11 is 0. The summed E-state index contributed by atoms with van der Waals surface area (Å²) < 4.78 is 41.3. The number of alkyl halides is 3. The second-order valence-electron chi connectivity index (χ2n) is 10.3. The lowest BCUT2D eigenvalue weighted by Gasteiger charge is -2.37. The molecule has 2 saturated carbocycles. The van der Waals surface area contributed by atoms with E-state index in [0.29, 0.717) is 41.1 Å². The summed E-state index contributed by atoms with van der Waals surface area (Å²) in [6.45, 7) is 14.0. The van der Waals surface area contributed by atoms with Crippen LogP contribution in [0.15, 0.2) is 24.4 Å². The Hall–Kier alpha value is -1.60. The maximum absolute atomic E-state index is 13.0. The molecule has 0 aromatic carbocycles. The number of halogens is 3. The van der Waals surface area contributed by atoms with Crippen LogP contribution in [0.5, 0.6) is 0 Å². The molecule has 178 valence electrons. The molecule has 3 fully saturated rings. The predicted octanol–water partition coefficient (Wildman–Crippen LogP) is 5.19. The van der Waals surface area contributed by atoms with Crippen LogP contribution in [-0.4, -0.2) is 64.8 Å². The predicted molar refractivity (Wildman–Crippen MR) is 122 cm³/mol. The smallest absolute Gasteiger partial charge is 0.331 e. The maximum atomic E-state index is 13.0. The Morgan fingerprint density at radius 3 is 2.41 bits per heavy atom. The summed E-state index contributed by atoms with van der Waals surface area (Å²) in [5, 5.41) is 0. The minimum absolute atomic E-state index is 0.338. The number of piperazine rings is 1. The molecule has 4 rings (SSSR count). The second kappa shape index (κ2) is 8.98. The van der Waals surface area contributed by atoms with Gasteiger partial charge in [0.1, 0.15) is 5.82 Å². The number of allylic oxidation sites excluding steroid dienone is 3. The molecule has 3 aliphatic rings. The van der Waals surface area contributed by atoms with E-state index in [9.17, 15) is 13.2 Å². The quantitative estimate of drug-likeness (QED) is 0.535. The first kappa shape index (κ1) is 23.6. The van der Waals surface area contributed by atoms with Crippen molar-refractivity contribution in [2.75, 3.05) is 33.2 Å². The van der Waals surface area contributed by atoms with Crippen LogP contribution in [0.1, 0.15) is 57.6 Å². The van der Waals surface area contributed by atoms with Crippen LogP contribution in [0.25, 0.3) is 5.57 Å². The molecular formula is C25H37F3N4. The fourth-order valence-electron chi connectivity index (χ4n) is 5.54. The van der Waals surface area contributed by atoms with Crippen molar-refractivity contribution in [3.63, 3.8) is 0 Å². The van der Waals surface area contributed by atoms with Gasteiger partial charge in [0.25, 0.3) is 0 Å². The van der Waals surface area contributed by atoms with E-state index in [1.165, 1.54) is 12.8 Å². The number of likely N-dealkylation sites (N-methyl/N-ethyl adjacent to an activating group) is 1. The van der Waals surface area contributed by atoms with Gasteiger partial charge in [-0.1, -0.05) is 26.8 Å². The molecular weight excluding hydrogens is 413 g/mol. The highest BCUT2D eigenvalue weighted by Gasteiger charge is 2.58. The lowest BCUT2D eigenvalue weighted by Crippen LogP contribution is -2.48. The van der Waals surface area contributed by atoms with Gasteiger partial charge in [0, 0.05) is 56.5 Å². The molecule has 0 amide bonds.